The van der Waals surface area contributed by atoms with Crippen LogP contribution in [0.1, 0.15) is 20.3 Å². The normalized spacial score (nSPS) is 12.2. The topological polar surface area (TPSA) is 27.1 Å². The second-order valence-electron chi connectivity index (χ2n) is 6.46. The zero-order valence-corrected chi connectivity index (χ0v) is 15.1. The highest BCUT2D eigenvalue weighted by Crippen LogP contribution is 2.31. The highest BCUT2D eigenvalue weighted by Gasteiger charge is 2.15. The number of benzene rings is 3. The van der Waals surface area contributed by atoms with Gasteiger partial charge < -0.3 is 4.74 Å². The van der Waals surface area contributed by atoms with Crippen molar-refractivity contribution in [3.05, 3.63) is 78.9 Å². The second kappa shape index (κ2) is 7.04. The summed E-state index contributed by atoms with van der Waals surface area (Å²) in [6.07, 6.45) is 1.17. The summed E-state index contributed by atoms with van der Waals surface area (Å²) in [5.41, 5.74) is 4.20. The first-order chi connectivity index (χ1) is 12.8. The standard InChI is InChI=1S/C23H22N2O/c1-3-17(2)26-20-14-15-21-22(16-20)25(19-12-8-5-9-13-19)23(24-21)18-10-6-4-7-11-18/h4-17H,3H2,1-2H3. The summed E-state index contributed by atoms with van der Waals surface area (Å²) in [6.45, 7) is 4.22. The Labute approximate surface area is 153 Å². The first-order valence-electron chi connectivity index (χ1n) is 9.06. The van der Waals surface area contributed by atoms with E-state index in [0.717, 1.165) is 40.3 Å². The number of imidazole rings is 1. The minimum Gasteiger partial charge on any atom is -0.491 e. The number of hydrogen-bond acceptors (Lipinski definition) is 2. The summed E-state index contributed by atoms with van der Waals surface area (Å²) in [5.74, 6) is 1.82. The molecule has 3 heteroatoms. The third kappa shape index (κ3) is 3.08. The van der Waals surface area contributed by atoms with Gasteiger partial charge in [-0.3, -0.25) is 4.57 Å². The van der Waals surface area contributed by atoms with Crippen molar-refractivity contribution in [2.24, 2.45) is 0 Å². The molecule has 0 fully saturated rings. The Morgan fingerprint density at radius 1 is 0.923 bits per heavy atom. The molecule has 0 bridgehead atoms. The van der Waals surface area contributed by atoms with E-state index in [9.17, 15) is 0 Å². The molecule has 1 aromatic heterocycles. The summed E-state index contributed by atoms with van der Waals surface area (Å²) in [4.78, 5) is 4.91. The summed E-state index contributed by atoms with van der Waals surface area (Å²) in [7, 11) is 0. The molecule has 1 atom stereocenters. The zero-order chi connectivity index (χ0) is 17.9. The van der Waals surface area contributed by atoms with E-state index >= 15 is 0 Å². The predicted octanol–water partition coefficient (Wildman–Crippen LogP) is 5.87. The Balaban J connectivity index is 1.94. The molecule has 1 unspecified atom stereocenters. The first-order valence-corrected chi connectivity index (χ1v) is 9.06. The van der Waals surface area contributed by atoms with Crippen LogP contribution in [-0.2, 0) is 0 Å². The molecule has 3 nitrogen and oxygen atoms in total. The minimum atomic E-state index is 0.189. The van der Waals surface area contributed by atoms with Gasteiger partial charge in [0.1, 0.15) is 11.6 Å². The van der Waals surface area contributed by atoms with Gasteiger partial charge in [-0.05, 0) is 37.6 Å². The van der Waals surface area contributed by atoms with Crippen LogP contribution < -0.4 is 4.74 Å². The average Bonchev–Trinajstić information content (AvgIpc) is 3.08. The van der Waals surface area contributed by atoms with Crippen LogP contribution in [-0.4, -0.2) is 15.7 Å². The van der Waals surface area contributed by atoms with Crippen molar-refractivity contribution in [2.75, 3.05) is 0 Å². The summed E-state index contributed by atoms with van der Waals surface area (Å²) < 4.78 is 8.24. The molecule has 0 radical (unpaired) electrons. The Bertz CT molecular complexity index is 1010. The lowest BCUT2D eigenvalue weighted by Crippen LogP contribution is -2.09. The molecule has 0 aliphatic carbocycles. The van der Waals surface area contributed by atoms with Crippen molar-refractivity contribution < 1.29 is 4.74 Å². The number of ether oxygens (including phenoxy) is 1. The summed E-state index contributed by atoms with van der Waals surface area (Å²) in [5, 5.41) is 0. The molecule has 0 amide bonds. The molecule has 0 saturated heterocycles. The second-order valence-corrected chi connectivity index (χ2v) is 6.46. The van der Waals surface area contributed by atoms with Gasteiger partial charge in [-0.25, -0.2) is 4.98 Å². The van der Waals surface area contributed by atoms with Gasteiger partial charge >= 0.3 is 0 Å². The third-order valence-corrected chi connectivity index (χ3v) is 4.58. The van der Waals surface area contributed by atoms with Crippen LogP contribution in [0, 0.1) is 0 Å². The quantitative estimate of drug-likeness (QED) is 0.453. The number of hydrogen-bond donors (Lipinski definition) is 0. The number of rotatable bonds is 5. The van der Waals surface area contributed by atoms with E-state index < -0.39 is 0 Å². The van der Waals surface area contributed by atoms with Gasteiger partial charge in [-0.1, -0.05) is 55.5 Å². The van der Waals surface area contributed by atoms with E-state index in [1.165, 1.54) is 0 Å². The molecule has 26 heavy (non-hydrogen) atoms. The molecule has 4 rings (SSSR count). The van der Waals surface area contributed by atoms with Gasteiger partial charge in [0, 0.05) is 17.3 Å². The molecule has 3 aromatic carbocycles. The van der Waals surface area contributed by atoms with Gasteiger partial charge in [0.05, 0.1) is 17.1 Å². The van der Waals surface area contributed by atoms with Gasteiger partial charge in [0.25, 0.3) is 0 Å². The summed E-state index contributed by atoms with van der Waals surface area (Å²) in [6, 6.07) is 26.8. The maximum Gasteiger partial charge on any atom is 0.145 e. The fourth-order valence-corrected chi connectivity index (χ4v) is 3.06. The van der Waals surface area contributed by atoms with E-state index in [0.29, 0.717) is 0 Å². The van der Waals surface area contributed by atoms with Crippen LogP contribution in [0.3, 0.4) is 0 Å². The monoisotopic (exact) mass is 342 g/mol. The third-order valence-electron chi connectivity index (χ3n) is 4.58. The van der Waals surface area contributed by atoms with E-state index in [1.807, 2.05) is 36.4 Å². The highest BCUT2D eigenvalue weighted by atomic mass is 16.5. The Morgan fingerprint density at radius 2 is 1.62 bits per heavy atom. The van der Waals surface area contributed by atoms with Crippen LogP contribution in [0.25, 0.3) is 28.1 Å². The van der Waals surface area contributed by atoms with Crippen LogP contribution in [0.5, 0.6) is 5.75 Å². The Hall–Kier alpha value is -3.07. The smallest absolute Gasteiger partial charge is 0.145 e. The largest absolute Gasteiger partial charge is 0.491 e. The summed E-state index contributed by atoms with van der Waals surface area (Å²) >= 11 is 0. The highest BCUT2D eigenvalue weighted by molar-refractivity contribution is 5.84. The van der Waals surface area contributed by atoms with Gasteiger partial charge in [0.2, 0.25) is 0 Å². The van der Waals surface area contributed by atoms with Gasteiger partial charge in [-0.15, -0.1) is 0 Å². The molecule has 0 spiro atoms. The molecule has 0 N–H and O–H groups in total. The van der Waals surface area contributed by atoms with E-state index in [1.54, 1.807) is 0 Å². The fraction of sp³-hybridized carbons (Fsp3) is 0.174. The minimum absolute atomic E-state index is 0.189. The van der Waals surface area contributed by atoms with Crippen molar-refractivity contribution in [1.29, 1.82) is 0 Å². The number of aromatic nitrogens is 2. The number of para-hydroxylation sites is 1. The Kier molecular flexibility index (Phi) is 4.44. The molecular formula is C23H22N2O. The molecule has 0 aliphatic rings. The first kappa shape index (κ1) is 16.4. The fourth-order valence-electron chi connectivity index (χ4n) is 3.06. The van der Waals surface area contributed by atoms with Crippen molar-refractivity contribution in [1.82, 2.24) is 9.55 Å². The van der Waals surface area contributed by atoms with Crippen LogP contribution in [0.15, 0.2) is 78.9 Å². The molecule has 0 aliphatic heterocycles. The van der Waals surface area contributed by atoms with Crippen molar-refractivity contribution >= 4 is 11.0 Å². The Morgan fingerprint density at radius 3 is 2.31 bits per heavy atom. The lowest BCUT2D eigenvalue weighted by molar-refractivity contribution is 0.217. The molecule has 130 valence electrons. The molecule has 0 saturated carbocycles. The van der Waals surface area contributed by atoms with Crippen LogP contribution in [0.4, 0.5) is 0 Å². The lowest BCUT2D eigenvalue weighted by Gasteiger charge is -2.13. The van der Waals surface area contributed by atoms with Crippen molar-refractivity contribution in [3.8, 4) is 22.8 Å². The molecule has 4 aromatic rings. The van der Waals surface area contributed by atoms with Crippen molar-refractivity contribution in [2.45, 2.75) is 26.4 Å². The molecule has 1 heterocycles. The van der Waals surface area contributed by atoms with E-state index in [4.69, 9.17) is 9.72 Å². The van der Waals surface area contributed by atoms with Crippen LogP contribution in [0.2, 0.25) is 0 Å². The number of nitrogens with zero attached hydrogens (tertiary/aromatic N) is 2. The zero-order valence-electron chi connectivity index (χ0n) is 15.1. The van der Waals surface area contributed by atoms with Gasteiger partial charge in [0.15, 0.2) is 0 Å². The van der Waals surface area contributed by atoms with Crippen molar-refractivity contribution in [3.63, 3.8) is 0 Å². The molecular weight excluding hydrogens is 320 g/mol. The van der Waals surface area contributed by atoms with Crippen LogP contribution >= 0.6 is 0 Å². The predicted molar refractivity (Wildman–Crippen MR) is 107 cm³/mol. The van der Waals surface area contributed by atoms with E-state index in [2.05, 4.69) is 60.9 Å². The maximum absolute atomic E-state index is 6.04. The average molecular weight is 342 g/mol. The lowest BCUT2D eigenvalue weighted by atomic mass is 10.2. The number of fused-ring (bicyclic) bond motifs is 1. The SMILES string of the molecule is CCC(C)Oc1ccc2nc(-c3ccccc3)n(-c3ccccc3)c2c1. The van der Waals surface area contributed by atoms with Gasteiger partial charge in [-0.2, -0.15) is 0 Å². The van der Waals surface area contributed by atoms with E-state index in [-0.39, 0.29) is 6.10 Å². The maximum atomic E-state index is 6.04.